The monoisotopic (exact) mass is 880 g/mol. The van der Waals surface area contributed by atoms with Crippen LogP contribution in [0.15, 0.2) is 77.5 Å². The summed E-state index contributed by atoms with van der Waals surface area (Å²) in [6, 6.07) is 17.6. The van der Waals surface area contributed by atoms with Crippen molar-refractivity contribution >= 4 is 85.7 Å². The molecule has 2 aromatic heterocycles. The van der Waals surface area contributed by atoms with Crippen molar-refractivity contribution in [2.75, 3.05) is 0 Å². The van der Waals surface area contributed by atoms with Gasteiger partial charge in [0.25, 0.3) is 0 Å². The van der Waals surface area contributed by atoms with Crippen LogP contribution in [0.1, 0.15) is 61.1 Å². The topological polar surface area (TPSA) is 118 Å². The zero-order valence-electron chi connectivity index (χ0n) is 33.0. The molecular weight excluding hydrogens is 844 g/mol. The second-order valence-electron chi connectivity index (χ2n) is 14.6. The number of nitrogens with zero attached hydrogens (tertiary/aromatic N) is 6. The van der Waals surface area contributed by atoms with E-state index in [1.54, 1.807) is 6.08 Å². The molecule has 8 nitrogen and oxygen atoms in total. The molecular formula is C44H38BBrCl2F2N6O2. The van der Waals surface area contributed by atoms with E-state index >= 15 is 0 Å². The standard InChI is InChI=1S/C19H13ClFN3.C17H22BNO2.C8H3BrClFN2/c1-11-6-13(4-3-5-22)7-12(2)17(11)16-9-15(21)8-14-10-23-19(20)24-18(14)16;1-12-10-14(8-7-9-19)11-13(2)15(12)18-20-16(3,4)17(5,6)21-18;9-6-2-5(11)1-4-3-12-8(10)13-7(4)6/h3-4,6-10H,1-2H3;7-8,10-11H,1-6H3;1-3H/b4-3+;8-7+;. The van der Waals surface area contributed by atoms with E-state index in [9.17, 15) is 8.78 Å². The van der Waals surface area contributed by atoms with Crippen LogP contribution in [0.5, 0.6) is 0 Å². The number of hydrogen-bond acceptors (Lipinski definition) is 8. The maximum Gasteiger partial charge on any atom is 0.495 e. The Kier molecular flexibility index (Phi) is 13.8. The largest absolute Gasteiger partial charge is 0.495 e. The maximum absolute atomic E-state index is 14.1. The minimum absolute atomic E-state index is 0.124. The van der Waals surface area contributed by atoms with Crippen molar-refractivity contribution in [3.8, 4) is 23.3 Å². The van der Waals surface area contributed by atoms with E-state index in [4.69, 9.17) is 43.0 Å². The van der Waals surface area contributed by atoms with Crippen LogP contribution >= 0.6 is 39.1 Å². The van der Waals surface area contributed by atoms with Crippen LogP contribution in [0, 0.1) is 62.0 Å². The molecule has 0 amide bonds. The molecule has 0 N–H and O–H groups in total. The minimum atomic E-state index is -0.351. The summed E-state index contributed by atoms with van der Waals surface area (Å²) >= 11 is 14.7. The third-order valence-electron chi connectivity index (χ3n) is 9.82. The fourth-order valence-corrected chi connectivity index (χ4v) is 7.35. The predicted octanol–water partition coefficient (Wildman–Crippen LogP) is 11.6. The summed E-state index contributed by atoms with van der Waals surface area (Å²) < 4.78 is 39.8. The molecule has 1 fully saturated rings. The van der Waals surface area contributed by atoms with Gasteiger partial charge in [-0.15, -0.1) is 0 Å². The Hall–Kier alpha value is -5.08. The van der Waals surface area contributed by atoms with Gasteiger partial charge in [-0.05, 0) is 164 Å². The second kappa shape index (κ2) is 18.2. The summed E-state index contributed by atoms with van der Waals surface area (Å²) in [5, 5.41) is 18.8. The molecule has 0 saturated carbocycles. The Morgan fingerprint density at radius 3 is 1.59 bits per heavy atom. The van der Waals surface area contributed by atoms with Crippen molar-refractivity contribution in [1.82, 2.24) is 19.9 Å². The fourth-order valence-electron chi connectivity index (χ4n) is 6.55. The highest BCUT2D eigenvalue weighted by Crippen LogP contribution is 2.37. The molecule has 1 aliphatic heterocycles. The molecule has 1 aliphatic rings. The summed E-state index contributed by atoms with van der Waals surface area (Å²) in [7, 11) is -0.344. The molecule has 0 aliphatic carbocycles. The molecule has 58 heavy (non-hydrogen) atoms. The van der Waals surface area contributed by atoms with Crippen LogP contribution < -0.4 is 5.46 Å². The lowest BCUT2D eigenvalue weighted by atomic mass is 9.73. The van der Waals surface area contributed by atoms with Crippen molar-refractivity contribution < 1.29 is 18.1 Å². The summed E-state index contributed by atoms with van der Waals surface area (Å²) in [6.07, 6.45) is 9.48. The summed E-state index contributed by atoms with van der Waals surface area (Å²) in [5.74, 6) is -0.680. The first-order valence-electron chi connectivity index (χ1n) is 17.9. The van der Waals surface area contributed by atoms with Crippen LogP contribution in [-0.4, -0.2) is 38.3 Å². The summed E-state index contributed by atoms with van der Waals surface area (Å²) in [5.41, 5.74) is 9.33. The highest BCUT2D eigenvalue weighted by Gasteiger charge is 2.52. The Balaban J connectivity index is 0.000000173. The van der Waals surface area contributed by atoms with E-state index in [-0.39, 0.29) is 40.5 Å². The first-order valence-corrected chi connectivity index (χ1v) is 19.5. The van der Waals surface area contributed by atoms with Crippen LogP contribution in [0.3, 0.4) is 0 Å². The highest BCUT2D eigenvalue weighted by atomic mass is 79.9. The molecule has 0 unspecified atom stereocenters. The van der Waals surface area contributed by atoms with Gasteiger partial charge in [-0.1, -0.05) is 35.4 Å². The first-order chi connectivity index (χ1) is 27.3. The molecule has 0 bridgehead atoms. The van der Waals surface area contributed by atoms with Gasteiger partial charge in [0.1, 0.15) is 11.6 Å². The first kappa shape index (κ1) is 44.0. The van der Waals surface area contributed by atoms with E-state index in [0.29, 0.717) is 31.8 Å². The molecule has 6 aromatic rings. The summed E-state index contributed by atoms with van der Waals surface area (Å²) in [6.45, 7) is 16.2. The third-order valence-corrected chi connectivity index (χ3v) is 10.8. The Bertz CT molecular complexity index is 2630. The SMILES string of the molecule is Cc1cc(/C=C/C#N)cc(C)c1-c1cc(F)cc2cnc(Cl)nc12.Cc1cc(/C=C/C#N)cc(C)c1B1OC(C)(C)C(C)(C)O1.Fc1cc(Br)c2nc(Cl)ncc2c1. The molecule has 0 atom stereocenters. The van der Waals surface area contributed by atoms with Gasteiger partial charge < -0.3 is 9.31 Å². The van der Waals surface area contributed by atoms with Gasteiger partial charge in [-0.25, -0.2) is 28.7 Å². The van der Waals surface area contributed by atoms with Crippen molar-refractivity contribution in [3.05, 3.63) is 133 Å². The Labute approximate surface area is 355 Å². The average molecular weight is 882 g/mol. The quantitative estimate of drug-likeness (QED) is 0.0976. The smallest absolute Gasteiger partial charge is 0.399 e. The number of allylic oxidation sites excluding steroid dienone is 2. The normalized spacial score (nSPS) is 14.2. The predicted molar refractivity (Wildman–Crippen MR) is 233 cm³/mol. The van der Waals surface area contributed by atoms with Gasteiger partial charge in [-0.3, -0.25) is 0 Å². The fraction of sp³-hybridized carbons (Fsp3) is 0.227. The molecule has 3 heterocycles. The lowest BCUT2D eigenvalue weighted by Crippen LogP contribution is -2.41. The molecule has 0 spiro atoms. The lowest BCUT2D eigenvalue weighted by Gasteiger charge is -2.32. The zero-order chi connectivity index (χ0) is 42.5. The Morgan fingerprint density at radius 1 is 0.672 bits per heavy atom. The van der Waals surface area contributed by atoms with Crippen molar-refractivity contribution in [3.63, 3.8) is 0 Å². The molecule has 294 valence electrons. The molecule has 0 radical (unpaired) electrons. The van der Waals surface area contributed by atoms with Crippen LogP contribution in [0.25, 0.3) is 45.1 Å². The number of fused-ring (bicyclic) bond motifs is 2. The van der Waals surface area contributed by atoms with Gasteiger partial charge in [0.05, 0.1) is 34.4 Å². The van der Waals surface area contributed by atoms with Gasteiger partial charge >= 0.3 is 7.12 Å². The van der Waals surface area contributed by atoms with E-state index < -0.39 is 0 Å². The molecule has 7 rings (SSSR count). The van der Waals surface area contributed by atoms with Gasteiger partial charge in [0, 0.05) is 45.4 Å². The van der Waals surface area contributed by atoms with E-state index in [2.05, 4.69) is 89.5 Å². The van der Waals surface area contributed by atoms with Gasteiger partial charge in [0.2, 0.25) is 10.6 Å². The van der Waals surface area contributed by atoms with Crippen molar-refractivity contribution in [1.29, 1.82) is 10.5 Å². The summed E-state index contributed by atoms with van der Waals surface area (Å²) in [4.78, 5) is 15.9. The van der Waals surface area contributed by atoms with Crippen LogP contribution in [0.2, 0.25) is 10.6 Å². The number of halogens is 5. The van der Waals surface area contributed by atoms with E-state index in [1.807, 2.05) is 44.2 Å². The Morgan fingerprint density at radius 2 is 1.10 bits per heavy atom. The number of rotatable bonds is 4. The third kappa shape index (κ3) is 10.1. The lowest BCUT2D eigenvalue weighted by molar-refractivity contribution is 0.00578. The zero-order valence-corrected chi connectivity index (χ0v) is 36.1. The number of aromatic nitrogens is 4. The van der Waals surface area contributed by atoms with Gasteiger partial charge in [0.15, 0.2) is 0 Å². The second-order valence-corrected chi connectivity index (χ2v) is 16.1. The molecule has 1 saturated heterocycles. The van der Waals surface area contributed by atoms with Crippen LogP contribution in [-0.2, 0) is 9.31 Å². The number of nitriles is 2. The van der Waals surface area contributed by atoms with E-state index in [0.717, 1.165) is 44.4 Å². The van der Waals surface area contributed by atoms with E-state index in [1.165, 1.54) is 48.8 Å². The maximum atomic E-state index is 14.1. The minimum Gasteiger partial charge on any atom is -0.399 e. The average Bonchev–Trinajstić information content (AvgIpc) is 3.35. The van der Waals surface area contributed by atoms with Crippen molar-refractivity contribution in [2.45, 2.75) is 66.6 Å². The van der Waals surface area contributed by atoms with Crippen LogP contribution in [0.4, 0.5) is 8.78 Å². The number of hydrogen-bond donors (Lipinski definition) is 0. The van der Waals surface area contributed by atoms with Gasteiger partial charge in [-0.2, -0.15) is 10.5 Å². The molecule has 14 heteroatoms. The number of aryl methyl sites for hydroxylation is 4. The van der Waals surface area contributed by atoms with Crippen molar-refractivity contribution in [2.24, 2.45) is 0 Å². The highest BCUT2D eigenvalue weighted by molar-refractivity contribution is 9.10. The number of benzene rings is 4. The molecule has 4 aromatic carbocycles.